The van der Waals surface area contributed by atoms with Crippen molar-refractivity contribution in [3.05, 3.63) is 35.7 Å². The van der Waals surface area contributed by atoms with Crippen LogP contribution < -0.4 is 4.90 Å². The van der Waals surface area contributed by atoms with Crippen molar-refractivity contribution in [2.24, 2.45) is 0 Å². The van der Waals surface area contributed by atoms with Gasteiger partial charge in [-0.2, -0.15) is 0 Å². The zero-order valence-corrected chi connectivity index (χ0v) is 18.4. The number of hydrogen-bond donors (Lipinski definition) is 1. The van der Waals surface area contributed by atoms with Crippen LogP contribution in [0.15, 0.2) is 35.7 Å². The highest BCUT2D eigenvalue weighted by molar-refractivity contribution is 7.14. The van der Waals surface area contributed by atoms with Gasteiger partial charge in [0.05, 0.1) is 24.9 Å². The number of aromatic nitrogens is 1. The number of carboxylic acids is 1. The Morgan fingerprint density at radius 3 is 2.67 bits per heavy atom. The molecule has 1 aliphatic heterocycles. The molecule has 9 heteroatoms. The monoisotopic (exact) mass is 433 g/mol. The minimum absolute atomic E-state index is 0.200. The molecule has 8 nitrogen and oxygen atoms in total. The maximum atomic E-state index is 12.7. The number of likely N-dealkylation sites (tertiary alicyclic amines) is 1. The first-order valence-corrected chi connectivity index (χ1v) is 10.6. The molecule has 2 heterocycles. The number of thiazole rings is 1. The maximum absolute atomic E-state index is 12.7. The summed E-state index contributed by atoms with van der Waals surface area (Å²) >= 11 is 1.51. The number of carbonyl (C=O) groups excluding carboxylic acids is 1. The van der Waals surface area contributed by atoms with E-state index in [2.05, 4.69) is 4.98 Å². The largest absolute Gasteiger partial charge is 0.480 e. The van der Waals surface area contributed by atoms with Crippen molar-refractivity contribution in [2.45, 2.75) is 38.0 Å². The van der Waals surface area contributed by atoms with Crippen molar-refractivity contribution in [1.82, 2.24) is 9.88 Å². The maximum Gasteiger partial charge on any atom is 0.411 e. The molecule has 1 fully saturated rings. The Hall–Kier alpha value is -2.65. The minimum atomic E-state index is -1.06. The first-order valence-electron chi connectivity index (χ1n) is 9.67. The Morgan fingerprint density at radius 1 is 1.33 bits per heavy atom. The van der Waals surface area contributed by atoms with Crippen LogP contribution >= 0.6 is 11.3 Å². The smallest absolute Gasteiger partial charge is 0.411 e. The topological polar surface area (TPSA) is 92.2 Å². The molecule has 30 heavy (non-hydrogen) atoms. The first kappa shape index (κ1) is 22.0. The van der Waals surface area contributed by atoms with E-state index in [1.54, 1.807) is 13.8 Å². The number of methoxy groups -OCH3 is 1. The third-order valence-electron chi connectivity index (χ3n) is 4.99. The predicted octanol–water partition coefficient (Wildman–Crippen LogP) is 3.34. The third-order valence-corrected chi connectivity index (χ3v) is 5.94. The van der Waals surface area contributed by atoms with Crippen molar-refractivity contribution in [3.8, 4) is 11.3 Å². The van der Waals surface area contributed by atoms with Crippen molar-refractivity contribution in [1.29, 1.82) is 0 Å². The van der Waals surface area contributed by atoms with E-state index in [0.29, 0.717) is 6.54 Å². The number of ether oxygens (including phenoxy) is 2. The summed E-state index contributed by atoms with van der Waals surface area (Å²) in [5.41, 5.74) is 1.09. The lowest BCUT2D eigenvalue weighted by Crippen LogP contribution is -2.47. The van der Waals surface area contributed by atoms with Gasteiger partial charge in [0.1, 0.15) is 11.6 Å². The SMILES string of the molecule is CO[C@H]1C[C@@H](C(=O)O)N(C(=O)OC(C)(C)CN(C)c2nc(-c3ccccc3)cs2)C1. The summed E-state index contributed by atoms with van der Waals surface area (Å²) in [5.74, 6) is -1.06. The molecule has 1 N–H and O–H groups in total. The Kier molecular flexibility index (Phi) is 6.62. The summed E-state index contributed by atoms with van der Waals surface area (Å²) in [5, 5.41) is 12.2. The number of likely N-dealkylation sites (N-methyl/N-ethyl adjacent to an activating group) is 1. The van der Waals surface area contributed by atoms with Crippen molar-refractivity contribution < 1.29 is 24.2 Å². The molecule has 1 amide bonds. The molecule has 0 aliphatic carbocycles. The summed E-state index contributed by atoms with van der Waals surface area (Å²) in [6, 6.07) is 8.97. The second-order valence-corrected chi connectivity index (χ2v) is 8.80. The van der Waals surface area contributed by atoms with Gasteiger partial charge in [0.15, 0.2) is 5.13 Å². The quantitative estimate of drug-likeness (QED) is 0.716. The number of amides is 1. The highest BCUT2D eigenvalue weighted by atomic mass is 32.1. The zero-order valence-electron chi connectivity index (χ0n) is 17.6. The van der Waals surface area contributed by atoms with E-state index in [0.717, 1.165) is 16.4 Å². The van der Waals surface area contributed by atoms with Crippen LogP contribution in [-0.4, -0.2) is 72.0 Å². The van der Waals surface area contributed by atoms with Crippen molar-refractivity contribution in [2.75, 3.05) is 32.1 Å². The molecule has 0 radical (unpaired) electrons. The van der Waals surface area contributed by atoms with Crippen molar-refractivity contribution in [3.63, 3.8) is 0 Å². The summed E-state index contributed by atoms with van der Waals surface area (Å²) < 4.78 is 10.9. The summed E-state index contributed by atoms with van der Waals surface area (Å²) in [6.45, 7) is 4.20. The fraction of sp³-hybridized carbons (Fsp3) is 0.476. The molecule has 0 bridgehead atoms. The highest BCUT2D eigenvalue weighted by Gasteiger charge is 2.42. The zero-order chi connectivity index (χ0) is 21.9. The average molecular weight is 434 g/mol. The number of carboxylic acid groups (broad SMARTS) is 1. The number of carbonyl (C=O) groups is 2. The van der Waals surface area contributed by atoms with Crippen LogP contribution in [0, 0.1) is 0 Å². The molecule has 1 aromatic carbocycles. The minimum Gasteiger partial charge on any atom is -0.480 e. The molecule has 1 aromatic heterocycles. The molecule has 162 valence electrons. The number of rotatable bonds is 7. The van der Waals surface area contributed by atoms with Gasteiger partial charge in [-0.3, -0.25) is 4.90 Å². The Labute approximate surface area is 180 Å². The molecule has 1 saturated heterocycles. The molecule has 0 spiro atoms. The second-order valence-electron chi connectivity index (χ2n) is 7.96. The first-order chi connectivity index (χ1) is 14.2. The van der Waals surface area contributed by atoms with E-state index in [9.17, 15) is 14.7 Å². The van der Waals surface area contributed by atoms with E-state index in [1.165, 1.54) is 23.3 Å². The number of hydrogen-bond acceptors (Lipinski definition) is 7. The van der Waals surface area contributed by atoms with E-state index in [4.69, 9.17) is 9.47 Å². The molecular formula is C21H27N3O5S. The van der Waals surface area contributed by atoms with Gasteiger partial charge in [-0.1, -0.05) is 30.3 Å². The summed E-state index contributed by atoms with van der Waals surface area (Å²) in [4.78, 5) is 32.0. The van der Waals surface area contributed by atoms with Gasteiger partial charge in [0.2, 0.25) is 0 Å². The molecule has 0 saturated carbocycles. The van der Waals surface area contributed by atoms with Crippen LogP contribution in [0.3, 0.4) is 0 Å². The average Bonchev–Trinajstić information content (AvgIpc) is 3.35. The number of anilines is 1. The molecular weight excluding hydrogens is 406 g/mol. The Balaban J connectivity index is 1.64. The van der Waals surface area contributed by atoms with Gasteiger partial charge in [-0.25, -0.2) is 14.6 Å². The lowest BCUT2D eigenvalue weighted by atomic mass is 10.1. The van der Waals surface area contributed by atoms with Crippen LogP contribution in [0.25, 0.3) is 11.3 Å². The molecule has 0 unspecified atom stereocenters. The van der Waals surface area contributed by atoms with Crippen LogP contribution in [0.1, 0.15) is 20.3 Å². The van der Waals surface area contributed by atoms with Crippen LogP contribution in [0.5, 0.6) is 0 Å². The van der Waals surface area contributed by atoms with Gasteiger partial charge in [0.25, 0.3) is 0 Å². The number of benzene rings is 1. The van der Waals surface area contributed by atoms with E-state index in [-0.39, 0.29) is 19.1 Å². The fourth-order valence-corrected chi connectivity index (χ4v) is 4.35. The van der Waals surface area contributed by atoms with Gasteiger partial charge >= 0.3 is 12.1 Å². The second kappa shape index (κ2) is 9.01. The lowest BCUT2D eigenvalue weighted by Gasteiger charge is -2.32. The Morgan fingerprint density at radius 2 is 2.03 bits per heavy atom. The van der Waals surface area contributed by atoms with Crippen LogP contribution in [0.2, 0.25) is 0 Å². The van der Waals surface area contributed by atoms with Gasteiger partial charge in [-0.15, -0.1) is 11.3 Å². The van der Waals surface area contributed by atoms with Crippen LogP contribution in [0.4, 0.5) is 9.93 Å². The van der Waals surface area contributed by atoms with E-state index < -0.39 is 23.7 Å². The van der Waals surface area contributed by atoms with Gasteiger partial charge < -0.3 is 19.5 Å². The van der Waals surface area contributed by atoms with E-state index in [1.807, 2.05) is 47.7 Å². The van der Waals surface area contributed by atoms with Crippen LogP contribution in [-0.2, 0) is 14.3 Å². The summed E-state index contributed by atoms with van der Waals surface area (Å²) in [6.07, 6.45) is -0.705. The molecule has 2 aromatic rings. The summed E-state index contributed by atoms with van der Waals surface area (Å²) in [7, 11) is 3.40. The number of aliphatic carboxylic acids is 1. The third kappa shape index (κ3) is 5.09. The van der Waals surface area contributed by atoms with Crippen molar-refractivity contribution >= 4 is 28.5 Å². The molecule has 1 aliphatic rings. The van der Waals surface area contributed by atoms with Gasteiger partial charge in [-0.05, 0) is 13.8 Å². The standard InChI is InChI=1S/C21H27N3O5S/c1-21(2,29-20(27)24-11-15(28-4)10-17(24)18(25)26)13-23(3)19-22-16(12-30-19)14-8-6-5-7-9-14/h5-9,12,15,17H,10-11,13H2,1-4H3,(H,25,26)/t15-,17-/m0/s1. The van der Waals surface area contributed by atoms with Gasteiger partial charge in [0, 0.05) is 31.5 Å². The Bertz CT molecular complexity index is 886. The highest BCUT2D eigenvalue weighted by Crippen LogP contribution is 2.29. The normalized spacial score (nSPS) is 19.0. The van der Waals surface area contributed by atoms with E-state index >= 15 is 0 Å². The lowest BCUT2D eigenvalue weighted by molar-refractivity contribution is -0.142. The predicted molar refractivity (Wildman–Crippen MR) is 115 cm³/mol. The fourth-order valence-electron chi connectivity index (χ4n) is 3.55. The number of nitrogens with zero attached hydrogens (tertiary/aromatic N) is 3. The molecule has 3 rings (SSSR count). The molecule has 2 atom stereocenters.